The van der Waals surface area contributed by atoms with Crippen LogP contribution in [0.4, 0.5) is 0 Å². The minimum Gasteiger partial charge on any atom is -0.508 e. The number of carbonyl (C=O) groups excluding carboxylic acids is 1. The number of aromatic hydroxyl groups is 1. The van der Waals surface area contributed by atoms with Gasteiger partial charge in [0, 0.05) is 12.3 Å². The highest BCUT2D eigenvalue weighted by molar-refractivity contribution is 7.92. The van der Waals surface area contributed by atoms with E-state index < -0.39 is 50.5 Å². The maximum atomic E-state index is 11.3. The van der Waals surface area contributed by atoms with Crippen LogP contribution in [-0.4, -0.2) is 52.6 Å². The number of benzene rings is 1. The fourth-order valence-electron chi connectivity index (χ4n) is 3.19. The molecule has 26 heavy (non-hydrogen) atoms. The Balaban J connectivity index is 0.000000190. The van der Waals surface area contributed by atoms with Gasteiger partial charge in [0.25, 0.3) is 0 Å². The summed E-state index contributed by atoms with van der Waals surface area (Å²) in [5.41, 5.74) is 5.99. The summed E-state index contributed by atoms with van der Waals surface area (Å²) >= 11 is 0. The van der Waals surface area contributed by atoms with E-state index in [1.54, 1.807) is 24.3 Å². The van der Waals surface area contributed by atoms with Gasteiger partial charge in [0.1, 0.15) is 5.75 Å². The molecule has 10 heteroatoms. The molecule has 1 heterocycles. The van der Waals surface area contributed by atoms with Crippen molar-refractivity contribution in [3.63, 3.8) is 0 Å². The molecule has 0 radical (unpaired) electrons. The average molecular weight is 385 g/mol. The molecule has 1 saturated heterocycles. The quantitative estimate of drug-likeness (QED) is 0.531. The SMILES string of the molecule is NC(=O)CCc1ccc(O)cc1.O=C(O)C1CS(=O)(=O)C2C(C(=O)O)C12. The first-order valence-electron chi connectivity index (χ1n) is 7.78. The Kier molecular flexibility index (Phi) is 5.55. The number of sulfone groups is 1. The molecule has 142 valence electrons. The summed E-state index contributed by atoms with van der Waals surface area (Å²) in [5.74, 6) is -5.67. The fourth-order valence-corrected chi connectivity index (χ4v) is 5.77. The highest BCUT2D eigenvalue weighted by atomic mass is 32.2. The number of hydrogen-bond donors (Lipinski definition) is 4. The van der Waals surface area contributed by atoms with Crippen molar-refractivity contribution in [3.05, 3.63) is 29.8 Å². The molecule has 1 aliphatic heterocycles. The molecule has 1 saturated carbocycles. The minimum absolute atomic E-state index is 0.234. The molecular weight excluding hydrogens is 366 g/mol. The largest absolute Gasteiger partial charge is 0.508 e. The molecule has 0 aromatic heterocycles. The van der Waals surface area contributed by atoms with Crippen molar-refractivity contribution in [2.45, 2.75) is 18.1 Å². The van der Waals surface area contributed by atoms with Crippen LogP contribution in [0.5, 0.6) is 5.75 Å². The maximum absolute atomic E-state index is 11.3. The van der Waals surface area contributed by atoms with Crippen LogP contribution >= 0.6 is 0 Å². The zero-order valence-corrected chi connectivity index (χ0v) is 14.4. The Morgan fingerprint density at radius 2 is 1.65 bits per heavy atom. The first-order chi connectivity index (χ1) is 12.0. The van der Waals surface area contributed by atoms with Crippen LogP contribution in [0.2, 0.25) is 0 Å². The normalized spacial score (nSPS) is 27.5. The Hall–Kier alpha value is -2.62. The lowest BCUT2D eigenvalue weighted by atomic mass is 10.1. The number of fused-ring (bicyclic) bond motifs is 1. The van der Waals surface area contributed by atoms with Crippen molar-refractivity contribution < 1.29 is 38.1 Å². The second-order valence-corrected chi connectivity index (χ2v) is 8.52. The molecule has 0 bridgehead atoms. The summed E-state index contributed by atoms with van der Waals surface area (Å²) in [6.45, 7) is 0. The zero-order valence-electron chi connectivity index (χ0n) is 13.6. The molecule has 2 aliphatic rings. The Labute approximate surface area is 149 Å². The van der Waals surface area contributed by atoms with Crippen LogP contribution in [0.3, 0.4) is 0 Å². The topological polar surface area (TPSA) is 172 Å². The van der Waals surface area contributed by atoms with E-state index in [4.69, 9.17) is 21.1 Å². The van der Waals surface area contributed by atoms with Crippen LogP contribution in [0.15, 0.2) is 24.3 Å². The lowest BCUT2D eigenvalue weighted by molar-refractivity contribution is -0.142. The number of carbonyl (C=O) groups is 3. The predicted octanol–water partition coefficient (Wildman–Crippen LogP) is -0.375. The monoisotopic (exact) mass is 385 g/mol. The van der Waals surface area contributed by atoms with Crippen molar-refractivity contribution in [2.75, 3.05) is 5.75 Å². The molecule has 0 spiro atoms. The van der Waals surface area contributed by atoms with Crippen molar-refractivity contribution >= 4 is 27.7 Å². The van der Waals surface area contributed by atoms with Crippen molar-refractivity contribution in [3.8, 4) is 5.75 Å². The smallest absolute Gasteiger partial charge is 0.308 e. The van der Waals surface area contributed by atoms with E-state index in [-0.39, 0.29) is 11.7 Å². The summed E-state index contributed by atoms with van der Waals surface area (Å²) in [7, 11) is -3.50. The second-order valence-electron chi connectivity index (χ2n) is 6.31. The molecule has 9 nitrogen and oxygen atoms in total. The van der Waals surface area contributed by atoms with E-state index in [9.17, 15) is 22.8 Å². The van der Waals surface area contributed by atoms with Crippen LogP contribution in [0.1, 0.15) is 12.0 Å². The number of phenolic OH excluding ortho intramolecular Hbond substituents is 1. The van der Waals surface area contributed by atoms with Crippen LogP contribution in [-0.2, 0) is 30.6 Å². The Bertz CT molecular complexity index is 817. The van der Waals surface area contributed by atoms with E-state index in [0.717, 1.165) is 5.56 Å². The third kappa shape index (κ3) is 4.31. The number of nitrogens with two attached hydrogens (primary N) is 1. The molecule has 1 amide bonds. The highest BCUT2D eigenvalue weighted by Crippen LogP contribution is 2.55. The van der Waals surface area contributed by atoms with Gasteiger partial charge in [-0.3, -0.25) is 14.4 Å². The molecule has 5 N–H and O–H groups in total. The first-order valence-corrected chi connectivity index (χ1v) is 9.49. The van der Waals surface area contributed by atoms with Gasteiger partial charge in [0.15, 0.2) is 9.84 Å². The summed E-state index contributed by atoms with van der Waals surface area (Å²) in [4.78, 5) is 31.6. The summed E-state index contributed by atoms with van der Waals surface area (Å²) in [6.07, 6.45) is 0.986. The average Bonchev–Trinajstić information content (AvgIpc) is 3.23. The summed E-state index contributed by atoms with van der Waals surface area (Å²) in [5, 5.41) is 25.3. The highest BCUT2D eigenvalue weighted by Gasteiger charge is 2.71. The maximum Gasteiger partial charge on any atom is 0.308 e. The van der Waals surface area contributed by atoms with Gasteiger partial charge in [-0.1, -0.05) is 12.1 Å². The molecule has 1 aliphatic carbocycles. The Morgan fingerprint density at radius 3 is 2.08 bits per heavy atom. The second kappa shape index (κ2) is 7.32. The molecule has 4 atom stereocenters. The molecule has 1 aromatic carbocycles. The zero-order chi connectivity index (χ0) is 19.6. The number of phenols is 1. The lowest BCUT2D eigenvalue weighted by Crippen LogP contribution is -2.24. The number of amides is 1. The van der Waals surface area contributed by atoms with E-state index in [2.05, 4.69) is 0 Å². The van der Waals surface area contributed by atoms with Crippen molar-refractivity contribution in [1.82, 2.24) is 0 Å². The third-order valence-corrected chi connectivity index (χ3v) is 6.76. The van der Waals surface area contributed by atoms with Gasteiger partial charge in [0.2, 0.25) is 5.91 Å². The van der Waals surface area contributed by atoms with Gasteiger partial charge in [-0.15, -0.1) is 0 Å². The number of aliphatic carboxylic acids is 2. The Morgan fingerprint density at radius 1 is 1.08 bits per heavy atom. The molecule has 1 aromatic rings. The number of aryl methyl sites for hydroxylation is 1. The minimum atomic E-state index is -3.50. The van der Waals surface area contributed by atoms with E-state index in [1.165, 1.54) is 0 Å². The van der Waals surface area contributed by atoms with E-state index in [0.29, 0.717) is 12.8 Å². The van der Waals surface area contributed by atoms with Gasteiger partial charge >= 0.3 is 11.9 Å². The standard InChI is InChI=1S/C9H11NO2.C7H8O6S/c10-9(12)6-3-7-1-4-8(11)5-2-7;8-6(9)2-1-14(12,13)5-3(2)4(5)7(10)11/h1-2,4-5,11H,3,6H2,(H2,10,12);2-5H,1H2,(H,8,9)(H,10,11). The lowest BCUT2D eigenvalue weighted by Gasteiger charge is -2.05. The fraction of sp³-hybridized carbons (Fsp3) is 0.438. The van der Waals surface area contributed by atoms with E-state index >= 15 is 0 Å². The van der Waals surface area contributed by atoms with Crippen LogP contribution in [0, 0.1) is 17.8 Å². The number of rotatable bonds is 5. The van der Waals surface area contributed by atoms with Crippen molar-refractivity contribution in [2.24, 2.45) is 23.5 Å². The molecular formula is C16H19NO8S. The third-order valence-electron chi connectivity index (χ3n) is 4.50. The van der Waals surface area contributed by atoms with Gasteiger partial charge in [0.05, 0.1) is 22.8 Å². The van der Waals surface area contributed by atoms with Gasteiger partial charge in [-0.25, -0.2) is 8.42 Å². The van der Waals surface area contributed by atoms with Gasteiger partial charge in [-0.2, -0.15) is 0 Å². The van der Waals surface area contributed by atoms with E-state index in [1.807, 2.05) is 0 Å². The van der Waals surface area contributed by atoms with Gasteiger partial charge in [-0.05, 0) is 24.1 Å². The summed E-state index contributed by atoms with van der Waals surface area (Å²) < 4.78 is 22.6. The molecule has 3 rings (SSSR count). The van der Waals surface area contributed by atoms with Crippen LogP contribution in [0.25, 0.3) is 0 Å². The molecule has 2 fully saturated rings. The predicted molar refractivity (Wildman–Crippen MR) is 88.9 cm³/mol. The number of primary amides is 1. The number of carboxylic acids is 2. The first kappa shape index (κ1) is 19.7. The number of carboxylic acid groups (broad SMARTS) is 2. The van der Waals surface area contributed by atoms with Gasteiger partial charge < -0.3 is 21.1 Å². The summed E-state index contributed by atoms with van der Waals surface area (Å²) in [6, 6.07) is 6.74. The van der Waals surface area contributed by atoms with Crippen LogP contribution < -0.4 is 5.73 Å². The van der Waals surface area contributed by atoms with Crippen molar-refractivity contribution in [1.29, 1.82) is 0 Å². The number of hydrogen-bond acceptors (Lipinski definition) is 6. The molecule has 4 unspecified atom stereocenters.